The molecule has 0 saturated heterocycles. The molecule has 0 unspecified atom stereocenters. The molecule has 1 heterocycles. The van der Waals surface area contributed by atoms with Crippen molar-refractivity contribution in [2.45, 2.75) is 5.88 Å². The van der Waals surface area contributed by atoms with E-state index < -0.39 is 0 Å². The van der Waals surface area contributed by atoms with E-state index >= 15 is 0 Å². The van der Waals surface area contributed by atoms with Crippen LogP contribution in [0.2, 0.25) is 0 Å². The standard InChI is InChI=1S/C14H10BrClO3/c15-10-2-1-9(7-16)13(5-10)19-11-3-4-12-14(6-11)18-8-17-12/h1-6H,7-8H2. The van der Waals surface area contributed by atoms with Gasteiger partial charge in [-0.2, -0.15) is 0 Å². The first-order valence-electron chi connectivity index (χ1n) is 5.68. The number of fused-ring (bicyclic) bond motifs is 1. The van der Waals surface area contributed by atoms with Gasteiger partial charge in [0.2, 0.25) is 6.79 Å². The van der Waals surface area contributed by atoms with Gasteiger partial charge in [0.25, 0.3) is 0 Å². The predicted octanol–water partition coefficient (Wildman–Crippen LogP) is 4.71. The van der Waals surface area contributed by atoms with Crippen molar-refractivity contribution in [2.24, 2.45) is 0 Å². The smallest absolute Gasteiger partial charge is 0.231 e. The predicted molar refractivity (Wildman–Crippen MR) is 76.3 cm³/mol. The minimum atomic E-state index is 0.253. The molecule has 19 heavy (non-hydrogen) atoms. The zero-order valence-corrected chi connectivity index (χ0v) is 12.2. The van der Waals surface area contributed by atoms with E-state index in [1.54, 1.807) is 6.07 Å². The number of hydrogen-bond donors (Lipinski definition) is 0. The molecule has 0 aliphatic carbocycles. The van der Waals surface area contributed by atoms with Gasteiger partial charge in [-0.25, -0.2) is 0 Å². The Balaban J connectivity index is 1.90. The Morgan fingerprint density at radius 2 is 1.95 bits per heavy atom. The molecule has 5 heteroatoms. The van der Waals surface area contributed by atoms with Crippen molar-refractivity contribution in [1.29, 1.82) is 0 Å². The molecule has 3 rings (SSSR count). The highest BCUT2D eigenvalue weighted by atomic mass is 79.9. The van der Waals surface area contributed by atoms with E-state index in [4.69, 9.17) is 25.8 Å². The molecule has 0 aromatic heterocycles. The van der Waals surface area contributed by atoms with Gasteiger partial charge in [-0.15, -0.1) is 11.6 Å². The number of rotatable bonds is 3. The van der Waals surface area contributed by atoms with Crippen molar-refractivity contribution in [3.05, 3.63) is 46.4 Å². The Morgan fingerprint density at radius 1 is 1.11 bits per heavy atom. The monoisotopic (exact) mass is 340 g/mol. The third kappa shape index (κ3) is 2.65. The summed E-state index contributed by atoms with van der Waals surface area (Å²) in [6.07, 6.45) is 0. The second kappa shape index (κ2) is 5.31. The average molecular weight is 342 g/mol. The molecule has 98 valence electrons. The quantitative estimate of drug-likeness (QED) is 0.757. The Bertz CT molecular complexity index is 616. The Kier molecular flexibility index (Phi) is 3.53. The summed E-state index contributed by atoms with van der Waals surface area (Å²) in [5.74, 6) is 3.24. The van der Waals surface area contributed by atoms with Crippen LogP contribution >= 0.6 is 27.5 Å². The highest BCUT2D eigenvalue weighted by molar-refractivity contribution is 9.10. The highest BCUT2D eigenvalue weighted by Crippen LogP contribution is 2.37. The van der Waals surface area contributed by atoms with E-state index in [9.17, 15) is 0 Å². The van der Waals surface area contributed by atoms with Crippen LogP contribution in [0.4, 0.5) is 0 Å². The third-order valence-electron chi connectivity index (χ3n) is 2.75. The highest BCUT2D eigenvalue weighted by Gasteiger charge is 2.14. The molecular weight excluding hydrogens is 332 g/mol. The normalized spacial score (nSPS) is 12.5. The van der Waals surface area contributed by atoms with Crippen LogP contribution in [-0.2, 0) is 5.88 Å². The summed E-state index contributed by atoms with van der Waals surface area (Å²) in [5.41, 5.74) is 0.933. The van der Waals surface area contributed by atoms with Crippen LogP contribution in [0.1, 0.15) is 5.56 Å². The molecule has 2 aromatic rings. The lowest BCUT2D eigenvalue weighted by Gasteiger charge is -2.10. The molecule has 0 radical (unpaired) electrons. The topological polar surface area (TPSA) is 27.7 Å². The number of halogens is 2. The van der Waals surface area contributed by atoms with Crippen molar-refractivity contribution in [2.75, 3.05) is 6.79 Å². The van der Waals surface area contributed by atoms with Crippen molar-refractivity contribution in [3.8, 4) is 23.0 Å². The summed E-state index contributed by atoms with van der Waals surface area (Å²) in [7, 11) is 0. The van der Waals surface area contributed by atoms with Gasteiger partial charge in [-0.05, 0) is 24.3 Å². The minimum absolute atomic E-state index is 0.253. The van der Waals surface area contributed by atoms with E-state index in [2.05, 4.69) is 15.9 Å². The molecule has 0 fully saturated rings. The zero-order valence-electron chi connectivity index (χ0n) is 9.86. The maximum atomic E-state index is 5.90. The fraction of sp³-hybridized carbons (Fsp3) is 0.143. The van der Waals surface area contributed by atoms with E-state index in [-0.39, 0.29) is 6.79 Å². The van der Waals surface area contributed by atoms with Crippen molar-refractivity contribution < 1.29 is 14.2 Å². The van der Waals surface area contributed by atoms with Gasteiger partial charge in [0, 0.05) is 16.1 Å². The molecular formula is C14H10BrClO3. The average Bonchev–Trinajstić information content (AvgIpc) is 2.86. The summed E-state index contributed by atoms with van der Waals surface area (Å²) >= 11 is 9.33. The van der Waals surface area contributed by atoms with Gasteiger partial charge < -0.3 is 14.2 Å². The van der Waals surface area contributed by atoms with Gasteiger partial charge >= 0.3 is 0 Å². The summed E-state index contributed by atoms with van der Waals surface area (Å²) in [6.45, 7) is 0.253. The lowest BCUT2D eigenvalue weighted by atomic mass is 10.2. The van der Waals surface area contributed by atoms with E-state index in [1.807, 2.05) is 30.3 Å². The first-order chi connectivity index (χ1) is 9.26. The summed E-state index contributed by atoms with van der Waals surface area (Å²) < 4.78 is 17.4. The van der Waals surface area contributed by atoms with Crippen LogP contribution < -0.4 is 14.2 Å². The summed E-state index contributed by atoms with van der Waals surface area (Å²) in [4.78, 5) is 0. The fourth-order valence-corrected chi connectivity index (χ4v) is 2.36. The van der Waals surface area contributed by atoms with Gasteiger partial charge in [-0.1, -0.05) is 22.0 Å². The first-order valence-corrected chi connectivity index (χ1v) is 7.01. The lowest BCUT2D eigenvalue weighted by Crippen LogP contribution is -1.93. The molecule has 1 aliphatic rings. The lowest BCUT2D eigenvalue weighted by molar-refractivity contribution is 0.174. The zero-order chi connectivity index (χ0) is 13.2. The largest absolute Gasteiger partial charge is 0.457 e. The third-order valence-corrected chi connectivity index (χ3v) is 3.53. The summed E-state index contributed by atoms with van der Waals surface area (Å²) in [6, 6.07) is 11.2. The van der Waals surface area contributed by atoms with E-state index in [0.29, 0.717) is 17.4 Å². The molecule has 0 saturated carbocycles. The number of hydrogen-bond acceptors (Lipinski definition) is 3. The molecule has 0 amide bonds. The Morgan fingerprint density at radius 3 is 2.79 bits per heavy atom. The maximum Gasteiger partial charge on any atom is 0.231 e. The fourth-order valence-electron chi connectivity index (χ4n) is 1.80. The first kappa shape index (κ1) is 12.6. The van der Waals surface area contributed by atoms with Gasteiger partial charge in [0.05, 0.1) is 5.88 Å². The van der Waals surface area contributed by atoms with Gasteiger partial charge in [0.1, 0.15) is 11.5 Å². The maximum absolute atomic E-state index is 5.90. The number of benzene rings is 2. The van der Waals surface area contributed by atoms with Crippen LogP contribution in [0.5, 0.6) is 23.0 Å². The van der Waals surface area contributed by atoms with Gasteiger partial charge in [0.15, 0.2) is 11.5 Å². The van der Waals surface area contributed by atoms with Crippen LogP contribution in [0.15, 0.2) is 40.9 Å². The summed E-state index contributed by atoms with van der Waals surface area (Å²) in [5, 5.41) is 0. The second-order valence-corrected chi connectivity index (χ2v) is 5.19. The molecule has 0 atom stereocenters. The molecule has 1 aliphatic heterocycles. The Hall–Kier alpha value is -1.39. The number of alkyl halides is 1. The van der Waals surface area contributed by atoms with Crippen molar-refractivity contribution in [3.63, 3.8) is 0 Å². The second-order valence-electron chi connectivity index (χ2n) is 4.00. The van der Waals surface area contributed by atoms with Crippen molar-refractivity contribution in [1.82, 2.24) is 0 Å². The molecule has 2 aromatic carbocycles. The van der Waals surface area contributed by atoms with Crippen molar-refractivity contribution >= 4 is 27.5 Å². The van der Waals surface area contributed by atoms with E-state index in [1.165, 1.54) is 0 Å². The molecule has 0 spiro atoms. The molecule has 3 nitrogen and oxygen atoms in total. The number of ether oxygens (including phenoxy) is 3. The Labute approximate surface area is 124 Å². The minimum Gasteiger partial charge on any atom is -0.457 e. The molecule has 0 bridgehead atoms. The van der Waals surface area contributed by atoms with Crippen LogP contribution in [0.3, 0.4) is 0 Å². The van der Waals surface area contributed by atoms with Crippen LogP contribution in [-0.4, -0.2) is 6.79 Å². The van der Waals surface area contributed by atoms with Crippen LogP contribution in [0, 0.1) is 0 Å². The van der Waals surface area contributed by atoms with E-state index in [0.717, 1.165) is 21.5 Å². The SMILES string of the molecule is ClCc1ccc(Br)cc1Oc1ccc2c(c1)OCO2. The van der Waals surface area contributed by atoms with Gasteiger partial charge in [-0.3, -0.25) is 0 Å². The molecule has 0 N–H and O–H groups in total. The van der Waals surface area contributed by atoms with Crippen LogP contribution in [0.25, 0.3) is 0 Å².